The number of rotatable bonds is 4. The first-order valence-corrected chi connectivity index (χ1v) is 8.26. The van der Waals surface area contributed by atoms with Gasteiger partial charge in [-0.05, 0) is 24.3 Å². The number of aromatic nitrogens is 1. The van der Waals surface area contributed by atoms with Crippen molar-refractivity contribution in [1.82, 2.24) is 4.98 Å². The van der Waals surface area contributed by atoms with Crippen LogP contribution in [0.5, 0.6) is 0 Å². The highest BCUT2D eigenvalue weighted by molar-refractivity contribution is 6.36. The number of fused-ring (bicyclic) bond motifs is 2. The molecule has 0 saturated carbocycles. The third-order valence-corrected chi connectivity index (χ3v) is 4.34. The van der Waals surface area contributed by atoms with E-state index in [1.54, 1.807) is 6.08 Å². The molecular formula is C21H15ClN2O. The lowest BCUT2D eigenvalue weighted by Crippen LogP contribution is -1.92. The van der Waals surface area contributed by atoms with Crippen LogP contribution in [-0.2, 0) is 0 Å². The third-order valence-electron chi connectivity index (χ3n) is 4.01. The molecule has 4 aromatic rings. The van der Waals surface area contributed by atoms with E-state index in [0.29, 0.717) is 5.89 Å². The van der Waals surface area contributed by atoms with Crippen molar-refractivity contribution in [2.45, 2.75) is 0 Å². The maximum absolute atomic E-state index is 6.28. The minimum Gasteiger partial charge on any atom is -0.436 e. The summed E-state index contributed by atoms with van der Waals surface area (Å²) < 4.78 is 5.80. The Bertz CT molecular complexity index is 1080. The molecule has 1 heterocycles. The van der Waals surface area contributed by atoms with Crippen LogP contribution >= 0.6 is 11.6 Å². The van der Waals surface area contributed by atoms with E-state index < -0.39 is 0 Å². The van der Waals surface area contributed by atoms with E-state index in [2.05, 4.69) is 16.9 Å². The largest absolute Gasteiger partial charge is 0.436 e. The third kappa shape index (κ3) is 2.90. The van der Waals surface area contributed by atoms with Crippen LogP contribution in [0.2, 0.25) is 5.02 Å². The van der Waals surface area contributed by atoms with Gasteiger partial charge in [-0.25, -0.2) is 4.98 Å². The van der Waals surface area contributed by atoms with Gasteiger partial charge in [-0.15, -0.1) is 0 Å². The Balaban J connectivity index is 1.72. The summed E-state index contributed by atoms with van der Waals surface area (Å²) in [5, 5.41) is 6.10. The van der Waals surface area contributed by atoms with Gasteiger partial charge < -0.3 is 9.73 Å². The molecule has 25 heavy (non-hydrogen) atoms. The standard InChI is InChI=1S/C21H15ClN2O/c1-2-14(21-24-19-9-5-6-10-20(19)25-21)13-23-18-12-11-17(22)15-7-3-4-8-16(15)18/h2-13,23H,1H2/b14-13+. The lowest BCUT2D eigenvalue weighted by molar-refractivity contribution is 0.585. The Kier molecular flexibility index (Phi) is 4.00. The minimum atomic E-state index is 0.530. The van der Waals surface area contributed by atoms with Crippen molar-refractivity contribution >= 4 is 44.7 Å². The first kappa shape index (κ1) is 15.5. The van der Waals surface area contributed by atoms with Crippen LogP contribution in [0.3, 0.4) is 0 Å². The summed E-state index contributed by atoms with van der Waals surface area (Å²) in [6, 6.07) is 19.5. The molecule has 0 atom stereocenters. The second kappa shape index (κ2) is 6.46. The average molecular weight is 347 g/mol. The van der Waals surface area contributed by atoms with Crippen molar-refractivity contribution in [3.8, 4) is 0 Å². The van der Waals surface area contributed by atoms with Crippen LogP contribution in [0.1, 0.15) is 5.89 Å². The molecule has 4 heteroatoms. The fourth-order valence-corrected chi connectivity index (χ4v) is 2.98. The second-order valence-corrected chi connectivity index (χ2v) is 5.98. The molecule has 0 bridgehead atoms. The van der Waals surface area contributed by atoms with E-state index in [1.807, 2.05) is 66.9 Å². The van der Waals surface area contributed by atoms with Gasteiger partial charge in [0.05, 0.1) is 5.57 Å². The summed E-state index contributed by atoms with van der Waals surface area (Å²) in [6.45, 7) is 3.87. The zero-order chi connectivity index (χ0) is 17.2. The van der Waals surface area contributed by atoms with Crippen LogP contribution in [0.25, 0.3) is 27.4 Å². The molecule has 1 aromatic heterocycles. The first-order valence-electron chi connectivity index (χ1n) is 7.88. The normalized spacial score (nSPS) is 11.8. The maximum atomic E-state index is 6.28. The van der Waals surface area contributed by atoms with Gasteiger partial charge in [-0.1, -0.05) is 60.7 Å². The highest BCUT2D eigenvalue weighted by atomic mass is 35.5. The zero-order valence-corrected chi connectivity index (χ0v) is 14.1. The molecule has 122 valence electrons. The summed E-state index contributed by atoms with van der Waals surface area (Å²) in [4.78, 5) is 4.51. The van der Waals surface area contributed by atoms with E-state index >= 15 is 0 Å². The molecule has 4 rings (SSSR count). The van der Waals surface area contributed by atoms with Crippen molar-refractivity contribution in [2.75, 3.05) is 5.32 Å². The van der Waals surface area contributed by atoms with E-state index in [0.717, 1.165) is 38.2 Å². The zero-order valence-electron chi connectivity index (χ0n) is 13.4. The minimum absolute atomic E-state index is 0.530. The lowest BCUT2D eigenvalue weighted by atomic mass is 10.1. The summed E-state index contributed by atoms with van der Waals surface area (Å²) in [6.07, 6.45) is 3.56. The van der Waals surface area contributed by atoms with Crippen LogP contribution in [0.4, 0.5) is 5.69 Å². The molecule has 0 aliphatic carbocycles. The first-order chi connectivity index (χ1) is 12.3. The molecule has 0 aliphatic heterocycles. The monoisotopic (exact) mass is 346 g/mol. The summed E-state index contributed by atoms with van der Waals surface area (Å²) in [5.41, 5.74) is 3.30. The van der Waals surface area contributed by atoms with Gasteiger partial charge in [0, 0.05) is 27.7 Å². The SMILES string of the molecule is C=C/C(=C\Nc1ccc(Cl)c2ccccc12)c1nc2ccccc2o1. The predicted molar refractivity (Wildman–Crippen MR) is 105 cm³/mol. The number of halogens is 1. The van der Waals surface area contributed by atoms with Crippen LogP contribution in [0.15, 0.2) is 83.9 Å². The van der Waals surface area contributed by atoms with Gasteiger partial charge >= 0.3 is 0 Å². The summed E-state index contributed by atoms with van der Waals surface area (Å²) >= 11 is 6.28. The fraction of sp³-hybridized carbons (Fsp3) is 0. The Hall–Kier alpha value is -3.04. The van der Waals surface area contributed by atoms with Crippen molar-refractivity contribution in [3.05, 3.63) is 90.4 Å². The number of nitrogens with zero attached hydrogens (tertiary/aromatic N) is 1. The number of allylic oxidation sites excluding steroid dienone is 2. The highest BCUT2D eigenvalue weighted by Gasteiger charge is 2.09. The smallest absolute Gasteiger partial charge is 0.228 e. The van der Waals surface area contributed by atoms with Gasteiger partial charge in [-0.2, -0.15) is 0 Å². The van der Waals surface area contributed by atoms with Crippen molar-refractivity contribution < 1.29 is 4.42 Å². The van der Waals surface area contributed by atoms with Gasteiger partial charge in [0.25, 0.3) is 0 Å². The van der Waals surface area contributed by atoms with E-state index in [1.165, 1.54) is 0 Å². The molecule has 1 N–H and O–H groups in total. The van der Waals surface area contributed by atoms with Crippen LogP contribution < -0.4 is 5.32 Å². The molecule has 0 radical (unpaired) electrons. The molecule has 0 amide bonds. The number of hydrogen-bond acceptors (Lipinski definition) is 3. The van der Waals surface area contributed by atoms with Crippen molar-refractivity contribution in [2.24, 2.45) is 0 Å². The molecule has 3 nitrogen and oxygen atoms in total. The Labute approximate surface area is 150 Å². The average Bonchev–Trinajstić information content (AvgIpc) is 3.08. The molecule has 0 fully saturated rings. The number of para-hydroxylation sites is 2. The topological polar surface area (TPSA) is 38.1 Å². The number of oxazole rings is 1. The Morgan fingerprint density at radius 2 is 1.76 bits per heavy atom. The summed E-state index contributed by atoms with van der Waals surface area (Å²) in [5.74, 6) is 0.530. The van der Waals surface area contributed by atoms with Gasteiger partial charge in [0.15, 0.2) is 5.58 Å². The van der Waals surface area contributed by atoms with Crippen molar-refractivity contribution in [1.29, 1.82) is 0 Å². The van der Waals surface area contributed by atoms with E-state index in [-0.39, 0.29) is 0 Å². The molecule has 0 saturated heterocycles. The number of nitrogens with one attached hydrogen (secondary N) is 1. The number of benzene rings is 3. The predicted octanol–water partition coefficient (Wildman–Crippen LogP) is 6.27. The fourth-order valence-electron chi connectivity index (χ4n) is 2.75. The van der Waals surface area contributed by atoms with Gasteiger partial charge in [-0.3, -0.25) is 0 Å². The molecule has 3 aromatic carbocycles. The molecule has 0 aliphatic rings. The van der Waals surface area contributed by atoms with E-state index in [4.69, 9.17) is 16.0 Å². The number of anilines is 1. The quantitative estimate of drug-likeness (QED) is 0.442. The lowest BCUT2D eigenvalue weighted by Gasteiger charge is -2.08. The van der Waals surface area contributed by atoms with Gasteiger partial charge in [0.1, 0.15) is 5.52 Å². The molecule has 0 unspecified atom stereocenters. The van der Waals surface area contributed by atoms with Crippen molar-refractivity contribution in [3.63, 3.8) is 0 Å². The maximum Gasteiger partial charge on any atom is 0.228 e. The summed E-state index contributed by atoms with van der Waals surface area (Å²) in [7, 11) is 0. The van der Waals surface area contributed by atoms with Gasteiger partial charge in [0.2, 0.25) is 5.89 Å². The van der Waals surface area contributed by atoms with Crippen LogP contribution in [0, 0.1) is 0 Å². The molecular weight excluding hydrogens is 332 g/mol. The Morgan fingerprint density at radius 3 is 2.56 bits per heavy atom. The second-order valence-electron chi connectivity index (χ2n) is 5.58. The Morgan fingerprint density at radius 1 is 1.00 bits per heavy atom. The number of hydrogen-bond donors (Lipinski definition) is 1. The van der Waals surface area contributed by atoms with Crippen LogP contribution in [-0.4, -0.2) is 4.98 Å². The molecule has 0 spiro atoms. The highest BCUT2D eigenvalue weighted by Crippen LogP contribution is 2.30. The van der Waals surface area contributed by atoms with E-state index in [9.17, 15) is 0 Å².